The molecule has 6 heteroatoms. The highest BCUT2D eigenvalue weighted by Crippen LogP contribution is 2.07. The van der Waals surface area contributed by atoms with E-state index in [1.807, 2.05) is 0 Å². The predicted octanol–water partition coefficient (Wildman–Crippen LogP) is 0.0674. The number of nitrogens with one attached hydrogen (secondary N) is 1. The van der Waals surface area contributed by atoms with Crippen molar-refractivity contribution in [3.05, 3.63) is 12.4 Å². The first-order valence-corrected chi connectivity index (χ1v) is 6.51. The standard InChI is InChI=1S/C12H21N5O/c13-11-8-15-17(9-11)10-12(18)14-4-7-16-5-2-1-3-6-16/h8-9H,1-7,10,13H2,(H,14,18). The van der Waals surface area contributed by atoms with Crippen LogP contribution in [0.2, 0.25) is 0 Å². The lowest BCUT2D eigenvalue weighted by molar-refractivity contribution is -0.121. The van der Waals surface area contributed by atoms with E-state index in [1.54, 1.807) is 17.1 Å². The fraction of sp³-hybridized carbons (Fsp3) is 0.667. The van der Waals surface area contributed by atoms with Gasteiger partial charge in [0.25, 0.3) is 0 Å². The van der Waals surface area contributed by atoms with E-state index in [0.29, 0.717) is 12.2 Å². The summed E-state index contributed by atoms with van der Waals surface area (Å²) in [4.78, 5) is 14.0. The minimum Gasteiger partial charge on any atom is -0.396 e. The van der Waals surface area contributed by atoms with Gasteiger partial charge in [0.15, 0.2) is 0 Å². The minimum atomic E-state index is -0.0184. The van der Waals surface area contributed by atoms with Crippen molar-refractivity contribution in [2.75, 3.05) is 31.9 Å². The Kier molecular flexibility index (Phi) is 4.58. The number of nitrogen functional groups attached to an aromatic ring is 1. The largest absolute Gasteiger partial charge is 0.396 e. The highest BCUT2D eigenvalue weighted by atomic mass is 16.2. The lowest BCUT2D eigenvalue weighted by atomic mass is 10.1. The number of aromatic nitrogens is 2. The number of amides is 1. The molecule has 0 radical (unpaired) electrons. The Morgan fingerprint density at radius 3 is 2.83 bits per heavy atom. The van der Waals surface area contributed by atoms with Crippen molar-refractivity contribution in [3.63, 3.8) is 0 Å². The number of rotatable bonds is 5. The molecule has 1 aromatic rings. The van der Waals surface area contributed by atoms with Gasteiger partial charge in [0.05, 0.1) is 11.9 Å². The summed E-state index contributed by atoms with van der Waals surface area (Å²) in [5.74, 6) is -0.0184. The van der Waals surface area contributed by atoms with Crippen LogP contribution in [0.25, 0.3) is 0 Å². The number of piperidine rings is 1. The van der Waals surface area contributed by atoms with Crippen LogP contribution in [-0.4, -0.2) is 46.8 Å². The molecule has 0 aliphatic carbocycles. The van der Waals surface area contributed by atoms with Crippen LogP contribution in [0.1, 0.15) is 19.3 Å². The van der Waals surface area contributed by atoms with Gasteiger partial charge in [0.1, 0.15) is 6.54 Å². The van der Waals surface area contributed by atoms with E-state index in [9.17, 15) is 4.79 Å². The summed E-state index contributed by atoms with van der Waals surface area (Å²) < 4.78 is 1.55. The van der Waals surface area contributed by atoms with Gasteiger partial charge in [-0.05, 0) is 25.9 Å². The Morgan fingerprint density at radius 1 is 1.39 bits per heavy atom. The third kappa shape index (κ3) is 4.03. The summed E-state index contributed by atoms with van der Waals surface area (Å²) in [6.45, 7) is 4.19. The molecule has 1 fully saturated rings. The molecule has 18 heavy (non-hydrogen) atoms. The Balaban J connectivity index is 1.62. The number of likely N-dealkylation sites (tertiary alicyclic amines) is 1. The molecule has 0 bridgehead atoms. The average Bonchev–Trinajstić information content (AvgIpc) is 2.76. The van der Waals surface area contributed by atoms with Gasteiger partial charge in [-0.25, -0.2) is 0 Å². The molecule has 1 aliphatic heterocycles. The molecule has 1 aliphatic rings. The van der Waals surface area contributed by atoms with Gasteiger partial charge in [-0.3, -0.25) is 9.48 Å². The number of hydrogen-bond donors (Lipinski definition) is 2. The maximum Gasteiger partial charge on any atom is 0.241 e. The maximum atomic E-state index is 11.6. The summed E-state index contributed by atoms with van der Waals surface area (Å²) in [5.41, 5.74) is 6.11. The SMILES string of the molecule is Nc1cnn(CC(=O)NCCN2CCCCC2)c1. The van der Waals surface area contributed by atoms with E-state index in [2.05, 4.69) is 15.3 Å². The van der Waals surface area contributed by atoms with Crippen LogP contribution < -0.4 is 11.1 Å². The van der Waals surface area contributed by atoms with Crippen LogP contribution in [0, 0.1) is 0 Å². The Morgan fingerprint density at radius 2 is 2.17 bits per heavy atom. The molecule has 0 aromatic carbocycles. The van der Waals surface area contributed by atoms with Crippen molar-refractivity contribution in [3.8, 4) is 0 Å². The van der Waals surface area contributed by atoms with Crippen molar-refractivity contribution >= 4 is 11.6 Å². The summed E-state index contributed by atoms with van der Waals surface area (Å²) in [5, 5.41) is 6.88. The highest BCUT2D eigenvalue weighted by Gasteiger charge is 2.10. The molecule has 0 atom stereocenters. The smallest absolute Gasteiger partial charge is 0.241 e. The van der Waals surface area contributed by atoms with E-state index >= 15 is 0 Å². The lowest BCUT2D eigenvalue weighted by Gasteiger charge is -2.26. The average molecular weight is 251 g/mol. The maximum absolute atomic E-state index is 11.6. The summed E-state index contributed by atoms with van der Waals surface area (Å²) in [7, 11) is 0. The molecule has 3 N–H and O–H groups in total. The molecule has 1 aromatic heterocycles. The number of carbonyl (C=O) groups is 1. The zero-order valence-electron chi connectivity index (χ0n) is 10.6. The molecule has 0 saturated carbocycles. The fourth-order valence-electron chi connectivity index (χ4n) is 2.21. The van der Waals surface area contributed by atoms with E-state index < -0.39 is 0 Å². The Labute approximate surface area is 107 Å². The van der Waals surface area contributed by atoms with E-state index in [-0.39, 0.29) is 12.5 Å². The summed E-state index contributed by atoms with van der Waals surface area (Å²) >= 11 is 0. The second kappa shape index (κ2) is 6.39. The topological polar surface area (TPSA) is 76.2 Å². The highest BCUT2D eigenvalue weighted by molar-refractivity contribution is 5.75. The van der Waals surface area contributed by atoms with Crippen molar-refractivity contribution in [1.82, 2.24) is 20.0 Å². The number of nitrogens with two attached hydrogens (primary N) is 1. The van der Waals surface area contributed by atoms with Crippen LogP contribution in [-0.2, 0) is 11.3 Å². The molecule has 2 rings (SSSR count). The van der Waals surface area contributed by atoms with Gasteiger partial charge in [0, 0.05) is 19.3 Å². The molecule has 1 amide bonds. The quantitative estimate of drug-likeness (QED) is 0.776. The van der Waals surface area contributed by atoms with Crippen LogP contribution in [0.3, 0.4) is 0 Å². The van der Waals surface area contributed by atoms with Gasteiger partial charge in [-0.2, -0.15) is 5.10 Å². The first kappa shape index (κ1) is 12.9. The molecule has 0 unspecified atom stereocenters. The lowest BCUT2D eigenvalue weighted by Crippen LogP contribution is -2.38. The van der Waals surface area contributed by atoms with Gasteiger partial charge < -0.3 is 16.0 Å². The van der Waals surface area contributed by atoms with Crippen molar-refractivity contribution in [2.24, 2.45) is 0 Å². The fourth-order valence-corrected chi connectivity index (χ4v) is 2.21. The summed E-state index contributed by atoms with van der Waals surface area (Å²) in [6, 6.07) is 0. The molecule has 6 nitrogen and oxygen atoms in total. The van der Waals surface area contributed by atoms with E-state index in [4.69, 9.17) is 5.73 Å². The van der Waals surface area contributed by atoms with E-state index in [1.165, 1.54) is 19.3 Å². The summed E-state index contributed by atoms with van der Waals surface area (Å²) in [6.07, 6.45) is 7.09. The van der Waals surface area contributed by atoms with Crippen LogP contribution in [0.5, 0.6) is 0 Å². The van der Waals surface area contributed by atoms with Gasteiger partial charge >= 0.3 is 0 Å². The van der Waals surface area contributed by atoms with Gasteiger partial charge in [-0.15, -0.1) is 0 Å². The third-order valence-electron chi connectivity index (χ3n) is 3.16. The van der Waals surface area contributed by atoms with Crippen molar-refractivity contribution in [2.45, 2.75) is 25.8 Å². The first-order chi connectivity index (χ1) is 8.74. The number of hydrogen-bond acceptors (Lipinski definition) is 4. The number of anilines is 1. The minimum absolute atomic E-state index is 0.0184. The zero-order chi connectivity index (χ0) is 12.8. The first-order valence-electron chi connectivity index (χ1n) is 6.51. The molecule has 2 heterocycles. The van der Waals surface area contributed by atoms with E-state index in [0.717, 1.165) is 19.6 Å². The van der Waals surface area contributed by atoms with Crippen LogP contribution in [0.4, 0.5) is 5.69 Å². The Hall–Kier alpha value is -1.56. The Bertz CT molecular complexity index is 384. The molecule has 1 saturated heterocycles. The second-order valence-electron chi connectivity index (χ2n) is 4.72. The monoisotopic (exact) mass is 251 g/mol. The predicted molar refractivity (Wildman–Crippen MR) is 69.9 cm³/mol. The third-order valence-corrected chi connectivity index (χ3v) is 3.16. The van der Waals surface area contributed by atoms with Crippen LogP contribution in [0.15, 0.2) is 12.4 Å². The molecule has 0 spiro atoms. The van der Waals surface area contributed by atoms with Crippen LogP contribution >= 0.6 is 0 Å². The van der Waals surface area contributed by atoms with Gasteiger partial charge in [0.2, 0.25) is 5.91 Å². The van der Waals surface area contributed by atoms with Crippen molar-refractivity contribution in [1.29, 1.82) is 0 Å². The second-order valence-corrected chi connectivity index (χ2v) is 4.72. The molecule has 100 valence electrons. The molecular formula is C12H21N5O. The zero-order valence-corrected chi connectivity index (χ0v) is 10.6. The van der Waals surface area contributed by atoms with Gasteiger partial charge in [-0.1, -0.05) is 6.42 Å². The number of nitrogens with zero attached hydrogens (tertiary/aromatic N) is 3. The number of carbonyl (C=O) groups excluding carboxylic acids is 1. The van der Waals surface area contributed by atoms with Crippen molar-refractivity contribution < 1.29 is 4.79 Å². The molecular weight excluding hydrogens is 230 g/mol. The normalized spacial score (nSPS) is 16.7.